The summed E-state index contributed by atoms with van der Waals surface area (Å²) in [4.78, 5) is 12.6. The van der Waals surface area contributed by atoms with Crippen LogP contribution in [0.1, 0.15) is 6.92 Å². The number of para-hydroxylation sites is 1. The number of aromatic amines is 1. The molecule has 0 aliphatic rings. The number of nitrogens with one attached hydrogen (secondary N) is 2. The summed E-state index contributed by atoms with van der Waals surface area (Å²) in [5.41, 5.74) is 0.972. The predicted molar refractivity (Wildman–Crippen MR) is 66.1 cm³/mol. The highest BCUT2D eigenvalue weighted by Crippen LogP contribution is 2.22. The summed E-state index contributed by atoms with van der Waals surface area (Å²) < 4.78 is 0. The number of hydrogen-bond donors (Lipinski definition) is 4. The zero-order valence-electron chi connectivity index (χ0n) is 9.60. The molecule has 4 N–H and O–H groups in total. The van der Waals surface area contributed by atoms with E-state index in [1.807, 2.05) is 31.2 Å². The molecule has 0 atom stereocenters. The minimum Gasteiger partial charge on any atom is -0.506 e. The summed E-state index contributed by atoms with van der Waals surface area (Å²) in [5.74, 6) is -0.488. The predicted octanol–water partition coefficient (Wildman–Crippen LogP) is 1.55. The van der Waals surface area contributed by atoms with Crippen LogP contribution in [0.15, 0.2) is 30.5 Å². The monoisotopic (exact) mass is 236 g/mol. The van der Waals surface area contributed by atoms with Crippen LogP contribution in [0.5, 0.6) is 5.75 Å². The molecule has 1 heterocycles. The molecule has 0 unspecified atom stereocenters. The molecule has 0 bridgehead atoms. The number of rotatable bonds is 3. The highest BCUT2D eigenvalue weighted by atomic mass is 16.4. The van der Waals surface area contributed by atoms with Crippen molar-refractivity contribution in [1.29, 1.82) is 0 Å². The molecule has 2 rings (SSSR count). The number of aliphatic carboxylic acids is 1. The highest BCUT2D eigenvalue weighted by molar-refractivity contribution is 5.85. The van der Waals surface area contributed by atoms with Gasteiger partial charge in [0.25, 0.3) is 0 Å². The number of aromatic hydroxyl groups is 1. The van der Waals surface area contributed by atoms with Crippen LogP contribution in [0.3, 0.4) is 0 Å². The fourth-order valence-corrected chi connectivity index (χ4v) is 1.29. The van der Waals surface area contributed by atoms with Gasteiger partial charge < -0.3 is 20.5 Å². The maximum absolute atomic E-state index is 9.70. The van der Waals surface area contributed by atoms with Crippen LogP contribution in [-0.4, -0.2) is 34.3 Å². The number of fused-ring (bicyclic) bond motifs is 1. The number of benzene rings is 1. The highest BCUT2D eigenvalue weighted by Gasteiger charge is 1.97. The van der Waals surface area contributed by atoms with E-state index in [4.69, 9.17) is 5.11 Å². The lowest BCUT2D eigenvalue weighted by atomic mass is 10.2. The van der Waals surface area contributed by atoms with Gasteiger partial charge in [-0.05, 0) is 18.7 Å². The molecule has 1 aromatic carbocycles. The lowest BCUT2D eigenvalue weighted by molar-refractivity contribution is -0.135. The van der Waals surface area contributed by atoms with Gasteiger partial charge in [-0.1, -0.05) is 19.1 Å². The van der Waals surface area contributed by atoms with Gasteiger partial charge in [0.15, 0.2) is 0 Å². The van der Waals surface area contributed by atoms with E-state index >= 15 is 0 Å². The standard InChI is InChI=1S/C8H7NO.C4H9NO2/c10-8-5-9-7-4-2-1-3-6(7)8;1-2-5-3-4(6)7/h1-5,9-10H;5H,2-3H2,1H3,(H,6,7). The summed E-state index contributed by atoms with van der Waals surface area (Å²) in [6.45, 7) is 2.64. The van der Waals surface area contributed by atoms with Crippen molar-refractivity contribution in [2.45, 2.75) is 6.92 Å². The van der Waals surface area contributed by atoms with Crippen molar-refractivity contribution in [2.24, 2.45) is 0 Å². The Balaban J connectivity index is 0.000000185. The van der Waals surface area contributed by atoms with Crippen molar-refractivity contribution in [2.75, 3.05) is 13.1 Å². The first-order valence-corrected chi connectivity index (χ1v) is 5.32. The Bertz CT molecular complexity index is 479. The number of carbonyl (C=O) groups is 1. The second-order valence-corrected chi connectivity index (χ2v) is 3.39. The van der Waals surface area contributed by atoms with Crippen molar-refractivity contribution in [3.05, 3.63) is 30.5 Å². The Kier molecular flexibility index (Phi) is 5.03. The summed E-state index contributed by atoms with van der Waals surface area (Å²) in [6, 6.07) is 7.63. The molecule has 0 fully saturated rings. The fourth-order valence-electron chi connectivity index (χ4n) is 1.29. The van der Waals surface area contributed by atoms with Gasteiger partial charge in [0.2, 0.25) is 0 Å². The number of H-pyrrole nitrogens is 1. The zero-order valence-corrected chi connectivity index (χ0v) is 9.60. The number of carboxylic acids is 1. The Morgan fingerprint density at radius 2 is 2.12 bits per heavy atom. The summed E-state index contributed by atoms with van der Waals surface area (Å²) in [5, 5.41) is 20.7. The molecule has 1 aromatic heterocycles. The Morgan fingerprint density at radius 3 is 2.65 bits per heavy atom. The van der Waals surface area contributed by atoms with E-state index in [2.05, 4.69) is 10.3 Å². The third-order valence-corrected chi connectivity index (χ3v) is 2.09. The molecular formula is C12H16N2O3. The number of aromatic nitrogens is 1. The SMILES string of the molecule is CCNCC(=O)O.Oc1c[nH]c2ccccc12. The average Bonchev–Trinajstić information content (AvgIpc) is 2.70. The summed E-state index contributed by atoms with van der Waals surface area (Å²) >= 11 is 0. The molecule has 5 heteroatoms. The maximum Gasteiger partial charge on any atom is 0.317 e. The quantitative estimate of drug-likeness (QED) is 0.651. The lowest BCUT2D eigenvalue weighted by Gasteiger charge is -1.90. The van der Waals surface area contributed by atoms with Crippen LogP contribution in [0.2, 0.25) is 0 Å². The largest absolute Gasteiger partial charge is 0.506 e. The van der Waals surface area contributed by atoms with E-state index in [0.29, 0.717) is 12.3 Å². The van der Waals surface area contributed by atoms with Gasteiger partial charge in [-0.2, -0.15) is 0 Å². The molecule has 5 nitrogen and oxygen atoms in total. The molecular weight excluding hydrogens is 220 g/mol. The van der Waals surface area contributed by atoms with Gasteiger partial charge in [0, 0.05) is 17.1 Å². The van der Waals surface area contributed by atoms with Gasteiger partial charge in [-0.15, -0.1) is 0 Å². The first kappa shape index (κ1) is 13.1. The van der Waals surface area contributed by atoms with Crippen molar-refractivity contribution in [3.8, 4) is 5.75 Å². The molecule has 0 aliphatic heterocycles. The van der Waals surface area contributed by atoms with Gasteiger partial charge in [0.1, 0.15) is 5.75 Å². The topological polar surface area (TPSA) is 85.3 Å². The van der Waals surface area contributed by atoms with E-state index in [1.165, 1.54) is 0 Å². The van der Waals surface area contributed by atoms with E-state index in [-0.39, 0.29) is 6.54 Å². The van der Waals surface area contributed by atoms with Crippen molar-refractivity contribution in [3.63, 3.8) is 0 Å². The molecule has 0 aliphatic carbocycles. The first-order valence-electron chi connectivity index (χ1n) is 5.32. The fraction of sp³-hybridized carbons (Fsp3) is 0.250. The summed E-state index contributed by atoms with van der Waals surface area (Å²) in [7, 11) is 0. The molecule has 2 aromatic rings. The third kappa shape index (κ3) is 4.16. The van der Waals surface area contributed by atoms with Crippen molar-refractivity contribution >= 4 is 16.9 Å². The third-order valence-electron chi connectivity index (χ3n) is 2.09. The minimum absolute atomic E-state index is 0.0660. The van der Waals surface area contributed by atoms with Crippen molar-refractivity contribution < 1.29 is 15.0 Å². The van der Waals surface area contributed by atoms with Gasteiger partial charge >= 0.3 is 5.97 Å². The van der Waals surface area contributed by atoms with Crippen LogP contribution < -0.4 is 5.32 Å². The summed E-state index contributed by atoms with van der Waals surface area (Å²) in [6.07, 6.45) is 1.59. The second-order valence-electron chi connectivity index (χ2n) is 3.39. The van der Waals surface area contributed by atoms with Gasteiger partial charge in [-0.25, -0.2) is 0 Å². The molecule has 0 saturated carbocycles. The number of hydrogen-bond acceptors (Lipinski definition) is 3. The van der Waals surface area contributed by atoms with Gasteiger partial charge in [-0.3, -0.25) is 4.79 Å². The Labute approximate surface area is 99.1 Å². The maximum atomic E-state index is 9.70. The molecule has 17 heavy (non-hydrogen) atoms. The van der Waals surface area contributed by atoms with E-state index < -0.39 is 5.97 Å². The van der Waals surface area contributed by atoms with Crippen molar-refractivity contribution in [1.82, 2.24) is 10.3 Å². The van der Waals surface area contributed by atoms with Crippen LogP contribution >= 0.6 is 0 Å². The molecule has 0 amide bonds. The van der Waals surface area contributed by atoms with Crippen LogP contribution in [0.25, 0.3) is 10.9 Å². The normalized spacial score (nSPS) is 9.71. The molecule has 0 saturated heterocycles. The minimum atomic E-state index is -0.804. The Morgan fingerprint density at radius 1 is 1.41 bits per heavy atom. The number of carboxylic acid groups (broad SMARTS) is 1. The van der Waals surface area contributed by atoms with Crippen LogP contribution in [-0.2, 0) is 4.79 Å². The van der Waals surface area contributed by atoms with E-state index in [0.717, 1.165) is 10.9 Å². The van der Waals surface area contributed by atoms with Crippen LogP contribution in [0, 0.1) is 0 Å². The van der Waals surface area contributed by atoms with E-state index in [1.54, 1.807) is 6.20 Å². The van der Waals surface area contributed by atoms with E-state index in [9.17, 15) is 9.90 Å². The molecule has 0 radical (unpaired) electrons. The molecule has 0 spiro atoms. The second kappa shape index (κ2) is 6.55. The first-order chi connectivity index (χ1) is 8.15. The zero-order chi connectivity index (χ0) is 12.7. The molecule has 92 valence electrons. The average molecular weight is 236 g/mol. The number of likely N-dealkylation sites (N-methyl/N-ethyl adjacent to an activating group) is 1. The Hall–Kier alpha value is -2.01. The van der Waals surface area contributed by atoms with Crippen LogP contribution in [0.4, 0.5) is 0 Å². The van der Waals surface area contributed by atoms with Gasteiger partial charge in [0.05, 0.1) is 6.54 Å². The smallest absolute Gasteiger partial charge is 0.317 e. The lowest BCUT2D eigenvalue weighted by Crippen LogP contribution is -2.21.